The second-order valence-corrected chi connectivity index (χ2v) is 8.01. The lowest BCUT2D eigenvalue weighted by molar-refractivity contribution is 0.0915. The number of piperidine rings is 1. The van der Waals surface area contributed by atoms with Crippen LogP contribution in [0.2, 0.25) is 0 Å². The third-order valence-corrected chi connectivity index (χ3v) is 5.99. The van der Waals surface area contributed by atoms with Crippen LogP contribution in [0.3, 0.4) is 0 Å². The summed E-state index contributed by atoms with van der Waals surface area (Å²) in [6.45, 7) is 5.89. The highest BCUT2D eigenvalue weighted by Gasteiger charge is 2.18. The minimum atomic E-state index is 0. The molecule has 2 heterocycles. The summed E-state index contributed by atoms with van der Waals surface area (Å²) in [5.41, 5.74) is 5.06. The first kappa shape index (κ1) is 23.9. The van der Waals surface area contributed by atoms with Gasteiger partial charge in [0, 0.05) is 25.2 Å². The molecule has 0 radical (unpaired) electrons. The first-order valence-electron chi connectivity index (χ1n) is 10.4. The van der Waals surface area contributed by atoms with Gasteiger partial charge in [-0.3, -0.25) is 14.6 Å². The molecular formula is C24H32Cl2N2O. The van der Waals surface area contributed by atoms with Crippen molar-refractivity contribution in [2.75, 3.05) is 32.7 Å². The van der Waals surface area contributed by atoms with Gasteiger partial charge in [0.05, 0.1) is 6.54 Å². The molecule has 2 aromatic rings. The first-order chi connectivity index (χ1) is 13.3. The largest absolute Gasteiger partial charge is 0.298 e. The van der Waals surface area contributed by atoms with E-state index in [0.717, 1.165) is 51.1 Å². The molecule has 29 heavy (non-hydrogen) atoms. The molecule has 4 rings (SSSR count). The second-order valence-electron chi connectivity index (χ2n) is 8.01. The lowest BCUT2D eigenvalue weighted by atomic mass is 9.98. The van der Waals surface area contributed by atoms with Gasteiger partial charge in [0.15, 0.2) is 5.78 Å². The Morgan fingerprint density at radius 3 is 2.17 bits per heavy atom. The normalized spacial score (nSPS) is 17.4. The molecule has 0 aliphatic carbocycles. The molecular weight excluding hydrogens is 403 g/mol. The van der Waals surface area contributed by atoms with Crippen LogP contribution >= 0.6 is 24.8 Å². The summed E-state index contributed by atoms with van der Waals surface area (Å²) in [6.07, 6.45) is 5.88. The van der Waals surface area contributed by atoms with E-state index in [1.54, 1.807) is 0 Å². The van der Waals surface area contributed by atoms with E-state index >= 15 is 0 Å². The van der Waals surface area contributed by atoms with Gasteiger partial charge in [-0.05, 0) is 61.5 Å². The molecule has 0 atom stereocenters. The lowest BCUT2D eigenvalue weighted by Crippen LogP contribution is -2.34. The number of likely N-dealkylation sites (tertiary alicyclic amines) is 1. The van der Waals surface area contributed by atoms with E-state index < -0.39 is 0 Å². The SMILES string of the molecule is Cl.Cl.O=C(CN1CCCCC1)c1ccc2c(c1)CCN(Cc1ccccc1)CC2. The predicted molar refractivity (Wildman–Crippen MR) is 125 cm³/mol. The topological polar surface area (TPSA) is 23.6 Å². The number of nitrogens with zero attached hydrogens (tertiary/aromatic N) is 2. The smallest absolute Gasteiger partial charge is 0.176 e. The molecule has 0 spiro atoms. The fourth-order valence-corrected chi connectivity index (χ4v) is 4.36. The zero-order valence-corrected chi connectivity index (χ0v) is 18.6. The summed E-state index contributed by atoms with van der Waals surface area (Å²) in [6, 6.07) is 17.1. The van der Waals surface area contributed by atoms with Crippen molar-refractivity contribution in [3.8, 4) is 0 Å². The highest BCUT2D eigenvalue weighted by Crippen LogP contribution is 2.20. The van der Waals surface area contributed by atoms with E-state index in [9.17, 15) is 4.79 Å². The van der Waals surface area contributed by atoms with Crippen molar-refractivity contribution in [1.82, 2.24) is 9.80 Å². The quantitative estimate of drug-likeness (QED) is 0.631. The number of Topliss-reactive ketones (excluding diaryl/α,β-unsaturated/α-hetero) is 1. The molecule has 158 valence electrons. The molecule has 1 fully saturated rings. The van der Waals surface area contributed by atoms with Crippen LogP contribution in [-0.4, -0.2) is 48.3 Å². The van der Waals surface area contributed by atoms with E-state index in [1.165, 1.54) is 36.0 Å². The Labute approximate surface area is 187 Å². The van der Waals surface area contributed by atoms with Crippen molar-refractivity contribution < 1.29 is 4.79 Å². The summed E-state index contributed by atoms with van der Waals surface area (Å²) in [4.78, 5) is 17.6. The van der Waals surface area contributed by atoms with Gasteiger partial charge in [-0.15, -0.1) is 24.8 Å². The number of hydrogen-bond donors (Lipinski definition) is 0. The number of hydrogen-bond acceptors (Lipinski definition) is 3. The van der Waals surface area contributed by atoms with E-state index in [2.05, 4.69) is 58.3 Å². The summed E-state index contributed by atoms with van der Waals surface area (Å²) in [5, 5.41) is 0. The number of fused-ring (bicyclic) bond motifs is 1. The van der Waals surface area contributed by atoms with Gasteiger partial charge in [0.25, 0.3) is 0 Å². The molecule has 3 nitrogen and oxygen atoms in total. The Bertz CT molecular complexity index is 776. The standard InChI is InChI=1S/C24H30N2O.2ClH/c27-24(19-25-13-5-2-6-14-25)23-10-9-21-11-15-26(16-12-22(21)17-23)18-20-7-3-1-4-8-20;;/h1,3-4,7-10,17H,2,5-6,11-16,18-19H2;2*1H. The molecule has 0 bridgehead atoms. The van der Waals surface area contributed by atoms with Crippen molar-refractivity contribution >= 4 is 30.6 Å². The Kier molecular flexibility index (Phi) is 9.64. The van der Waals surface area contributed by atoms with Crippen molar-refractivity contribution in [3.63, 3.8) is 0 Å². The maximum Gasteiger partial charge on any atom is 0.176 e. The Balaban J connectivity index is 0.00000150. The van der Waals surface area contributed by atoms with Crippen LogP contribution in [0, 0.1) is 0 Å². The van der Waals surface area contributed by atoms with E-state index in [1.807, 2.05) is 0 Å². The van der Waals surface area contributed by atoms with Crippen molar-refractivity contribution in [2.24, 2.45) is 0 Å². The molecule has 2 aromatic carbocycles. The van der Waals surface area contributed by atoms with Gasteiger partial charge >= 0.3 is 0 Å². The molecule has 0 unspecified atom stereocenters. The monoisotopic (exact) mass is 434 g/mol. The summed E-state index contributed by atoms with van der Waals surface area (Å²) in [7, 11) is 0. The third kappa shape index (κ3) is 6.55. The summed E-state index contributed by atoms with van der Waals surface area (Å²) in [5.74, 6) is 0.282. The van der Waals surface area contributed by atoms with E-state index in [0.29, 0.717) is 6.54 Å². The van der Waals surface area contributed by atoms with E-state index in [4.69, 9.17) is 0 Å². The van der Waals surface area contributed by atoms with Crippen LogP contribution in [0.15, 0.2) is 48.5 Å². The highest BCUT2D eigenvalue weighted by molar-refractivity contribution is 5.97. The molecule has 2 aliphatic rings. The first-order valence-corrected chi connectivity index (χ1v) is 10.4. The number of benzene rings is 2. The van der Waals surface area contributed by atoms with E-state index in [-0.39, 0.29) is 30.6 Å². The molecule has 0 aromatic heterocycles. The molecule has 0 N–H and O–H groups in total. The third-order valence-electron chi connectivity index (χ3n) is 5.99. The van der Waals surface area contributed by atoms with Crippen molar-refractivity contribution in [2.45, 2.75) is 38.6 Å². The molecule has 1 saturated heterocycles. The average molecular weight is 435 g/mol. The Hall–Kier alpha value is -1.39. The number of ketones is 1. The number of rotatable bonds is 5. The zero-order chi connectivity index (χ0) is 18.5. The van der Waals surface area contributed by atoms with Gasteiger partial charge in [-0.1, -0.05) is 48.9 Å². The Morgan fingerprint density at radius 1 is 0.759 bits per heavy atom. The highest BCUT2D eigenvalue weighted by atomic mass is 35.5. The minimum Gasteiger partial charge on any atom is -0.298 e. The van der Waals surface area contributed by atoms with Crippen LogP contribution in [0.25, 0.3) is 0 Å². The number of halogens is 2. The molecule has 0 amide bonds. The zero-order valence-electron chi connectivity index (χ0n) is 17.0. The fraction of sp³-hybridized carbons (Fsp3) is 0.458. The molecule has 0 saturated carbocycles. The van der Waals surface area contributed by atoms with Gasteiger partial charge in [-0.2, -0.15) is 0 Å². The average Bonchev–Trinajstić information content (AvgIpc) is 2.91. The summed E-state index contributed by atoms with van der Waals surface area (Å²) >= 11 is 0. The van der Waals surface area contributed by atoms with Crippen molar-refractivity contribution in [3.05, 3.63) is 70.8 Å². The van der Waals surface area contributed by atoms with Gasteiger partial charge in [0.1, 0.15) is 0 Å². The maximum absolute atomic E-state index is 12.7. The second kappa shape index (κ2) is 11.7. The van der Waals surface area contributed by atoms with Crippen molar-refractivity contribution in [1.29, 1.82) is 0 Å². The molecule has 5 heteroatoms. The Morgan fingerprint density at radius 2 is 1.45 bits per heavy atom. The van der Waals surface area contributed by atoms with Gasteiger partial charge in [-0.25, -0.2) is 0 Å². The van der Waals surface area contributed by atoms with Crippen LogP contribution in [0.1, 0.15) is 46.3 Å². The summed E-state index contributed by atoms with van der Waals surface area (Å²) < 4.78 is 0. The van der Waals surface area contributed by atoms with Crippen LogP contribution < -0.4 is 0 Å². The van der Waals surface area contributed by atoms with Crippen LogP contribution in [0.5, 0.6) is 0 Å². The molecule has 2 aliphatic heterocycles. The van der Waals surface area contributed by atoms with Crippen LogP contribution in [-0.2, 0) is 19.4 Å². The fourth-order valence-electron chi connectivity index (χ4n) is 4.36. The maximum atomic E-state index is 12.7. The van der Waals surface area contributed by atoms with Gasteiger partial charge in [0.2, 0.25) is 0 Å². The van der Waals surface area contributed by atoms with Crippen LogP contribution in [0.4, 0.5) is 0 Å². The number of carbonyl (C=O) groups excluding carboxylic acids is 1. The van der Waals surface area contributed by atoms with Gasteiger partial charge < -0.3 is 0 Å². The lowest BCUT2D eigenvalue weighted by Gasteiger charge is -2.25. The predicted octanol–water partition coefficient (Wildman–Crippen LogP) is 4.80. The number of carbonyl (C=O) groups is 1. The minimum absolute atomic E-state index is 0.